The Morgan fingerprint density at radius 3 is 2.74 bits per heavy atom. The van der Waals surface area contributed by atoms with Gasteiger partial charge in [-0.3, -0.25) is 0 Å². The minimum absolute atomic E-state index is 0.667. The quantitative estimate of drug-likeness (QED) is 0.723. The number of nitrogens with zero attached hydrogens (tertiary/aromatic N) is 5. The number of ether oxygens (including phenoxy) is 1. The highest BCUT2D eigenvalue weighted by atomic mass is 35.5. The number of anilines is 1. The number of aromatic nitrogens is 4. The zero-order valence-electron chi connectivity index (χ0n) is 12.7. The van der Waals surface area contributed by atoms with Crippen LogP contribution in [-0.4, -0.2) is 46.1 Å². The molecule has 3 heterocycles. The molecule has 0 spiro atoms. The predicted octanol–water partition coefficient (Wildman–Crippen LogP) is 2.59. The Bertz CT molecular complexity index is 857. The van der Waals surface area contributed by atoms with Gasteiger partial charge in [-0.25, -0.2) is 0 Å². The average Bonchev–Trinajstić information content (AvgIpc) is 3.00. The van der Waals surface area contributed by atoms with Crippen molar-refractivity contribution in [3.8, 4) is 11.4 Å². The summed E-state index contributed by atoms with van der Waals surface area (Å²) in [4.78, 5) is 2.22. The molecule has 0 radical (unpaired) electrons. The maximum Gasteiger partial charge on any atom is 0.185 e. The van der Waals surface area contributed by atoms with Crippen LogP contribution in [0.3, 0.4) is 0 Å². The second-order valence-electron chi connectivity index (χ2n) is 5.55. The van der Waals surface area contributed by atoms with Crippen LogP contribution < -0.4 is 4.90 Å². The van der Waals surface area contributed by atoms with Crippen molar-refractivity contribution in [1.82, 2.24) is 19.8 Å². The van der Waals surface area contributed by atoms with E-state index in [1.165, 1.54) is 0 Å². The van der Waals surface area contributed by atoms with E-state index >= 15 is 0 Å². The number of morpholine rings is 1. The van der Waals surface area contributed by atoms with E-state index < -0.39 is 0 Å². The summed E-state index contributed by atoms with van der Waals surface area (Å²) in [6.07, 6.45) is 0. The Hall–Kier alpha value is -2.18. The number of fused-ring (bicyclic) bond motifs is 1. The lowest BCUT2D eigenvalue weighted by Crippen LogP contribution is -2.37. The van der Waals surface area contributed by atoms with Crippen molar-refractivity contribution in [1.29, 1.82) is 0 Å². The molecular formula is C16H16ClN5O. The topological polar surface area (TPSA) is 55.5 Å². The van der Waals surface area contributed by atoms with Gasteiger partial charge >= 0.3 is 0 Å². The Labute approximate surface area is 138 Å². The number of aryl methyl sites for hydroxylation is 1. The highest BCUT2D eigenvalue weighted by molar-refractivity contribution is 6.30. The third-order valence-electron chi connectivity index (χ3n) is 3.96. The van der Waals surface area contributed by atoms with Crippen molar-refractivity contribution in [2.75, 3.05) is 31.2 Å². The standard InChI is InChI=1S/C16H16ClN5O/c1-11-9-14(21-5-7-23-8-6-21)20-22-15(11)18-19-16(22)12-3-2-4-13(17)10-12/h2-4,9-10H,5-8H2,1H3. The fraction of sp³-hybridized carbons (Fsp3) is 0.312. The first-order valence-electron chi connectivity index (χ1n) is 7.54. The molecule has 0 unspecified atom stereocenters. The Kier molecular flexibility index (Phi) is 3.63. The second-order valence-corrected chi connectivity index (χ2v) is 5.99. The van der Waals surface area contributed by atoms with E-state index in [9.17, 15) is 0 Å². The molecule has 6 nitrogen and oxygen atoms in total. The van der Waals surface area contributed by atoms with Crippen molar-refractivity contribution < 1.29 is 4.74 Å². The van der Waals surface area contributed by atoms with Gasteiger partial charge in [-0.1, -0.05) is 23.7 Å². The van der Waals surface area contributed by atoms with Crippen molar-refractivity contribution >= 4 is 23.1 Å². The van der Waals surface area contributed by atoms with Gasteiger partial charge in [0.1, 0.15) is 5.82 Å². The van der Waals surface area contributed by atoms with Crippen LogP contribution in [0.5, 0.6) is 0 Å². The first-order valence-corrected chi connectivity index (χ1v) is 7.92. The summed E-state index contributed by atoms with van der Waals surface area (Å²) >= 11 is 6.10. The molecule has 1 aromatic carbocycles. The fourth-order valence-electron chi connectivity index (χ4n) is 2.76. The van der Waals surface area contributed by atoms with Crippen molar-refractivity contribution in [3.63, 3.8) is 0 Å². The summed E-state index contributed by atoms with van der Waals surface area (Å²) in [5.74, 6) is 1.61. The molecule has 23 heavy (non-hydrogen) atoms. The molecule has 0 bridgehead atoms. The molecule has 2 aromatic heterocycles. The van der Waals surface area contributed by atoms with Crippen LogP contribution in [0.1, 0.15) is 5.56 Å². The normalized spacial score (nSPS) is 15.3. The van der Waals surface area contributed by atoms with Crippen molar-refractivity contribution in [2.24, 2.45) is 0 Å². The van der Waals surface area contributed by atoms with Crippen molar-refractivity contribution in [2.45, 2.75) is 6.92 Å². The highest BCUT2D eigenvalue weighted by Gasteiger charge is 2.17. The van der Waals surface area contributed by atoms with Gasteiger partial charge in [0.25, 0.3) is 0 Å². The Morgan fingerprint density at radius 2 is 1.96 bits per heavy atom. The van der Waals surface area contributed by atoms with Crippen molar-refractivity contribution in [3.05, 3.63) is 40.9 Å². The van der Waals surface area contributed by atoms with Crippen LogP contribution in [0.15, 0.2) is 30.3 Å². The molecule has 7 heteroatoms. The van der Waals surface area contributed by atoms with Gasteiger partial charge in [-0.05, 0) is 30.7 Å². The van der Waals surface area contributed by atoms with Crippen LogP contribution in [0.2, 0.25) is 5.02 Å². The number of hydrogen-bond donors (Lipinski definition) is 0. The smallest absolute Gasteiger partial charge is 0.185 e. The van der Waals surface area contributed by atoms with E-state index in [1.807, 2.05) is 31.2 Å². The molecule has 0 aliphatic carbocycles. The molecule has 118 valence electrons. The van der Waals surface area contributed by atoms with Gasteiger partial charge in [0.05, 0.1) is 13.2 Å². The average molecular weight is 330 g/mol. The zero-order chi connectivity index (χ0) is 15.8. The molecule has 1 fully saturated rings. The molecule has 1 aliphatic rings. The lowest BCUT2D eigenvalue weighted by atomic mass is 10.2. The lowest BCUT2D eigenvalue weighted by Gasteiger charge is -2.27. The Morgan fingerprint density at radius 1 is 1.13 bits per heavy atom. The summed E-state index contributed by atoms with van der Waals surface area (Å²) in [6, 6.07) is 9.62. The maximum absolute atomic E-state index is 6.10. The van der Waals surface area contributed by atoms with E-state index in [0.29, 0.717) is 10.8 Å². The molecule has 0 saturated carbocycles. The number of rotatable bonds is 2. The number of benzene rings is 1. The third kappa shape index (κ3) is 2.64. The molecule has 3 aromatic rings. The molecule has 0 atom stereocenters. The van der Waals surface area contributed by atoms with Gasteiger partial charge in [-0.15, -0.1) is 15.3 Å². The van der Waals surface area contributed by atoms with Crippen LogP contribution in [0.4, 0.5) is 5.82 Å². The second kappa shape index (κ2) is 5.79. The fourth-order valence-corrected chi connectivity index (χ4v) is 2.95. The van der Waals surface area contributed by atoms with E-state index in [4.69, 9.17) is 21.4 Å². The lowest BCUT2D eigenvalue weighted by molar-refractivity contribution is 0.122. The van der Waals surface area contributed by atoms with Crippen LogP contribution in [0, 0.1) is 6.92 Å². The van der Waals surface area contributed by atoms with Gasteiger partial charge in [0, 0.05) is 23.7 Å². The van der Waals surface area contributed by atoms with E-state index in [-0.39, 0.29) is 0 Å². The van der Waals surface area contributed by atoms with Crippen LogP contribution >= 0.6 is 11.6 Å². The molecule has 4 rings (SSSR count). The van der Waals surface area contributed by atoms with Gasteiger partial charge in [0.2, 0.25) is 0 Å². The molecule has 1 saturated heterocycles. The Balaban J connectivity index is 1.85. The van der Waals surface area contributed by atoms with Gasteiger partial charge in [-0.2, -0.15) is 4.52 Å². The number of hydrogen-bond acceptors (Lipinski definition) is 5. The zero-order valence-corrected chi connectivity index (χ0v) is 13.5. The van der Waals surface area contributed by atoms with Crippen LogP contribution in [-0.2, 0) is 4.74 Å². The summed E-state index contributed by atoms with van der Waals surface area (Å²) in [7, 11) is 0. The first kappa shape index (κ1) is 14.4. The maximum atomic E-state index is 6.10. The summed E-state index contributed by atoms with van der Waals surface area (Å²) in [5.41, 5.74) is 2.70. The molecule has 0 amide bonds. The highest BCUT2D eigenvalue weighted by Crippen LogP contribution is 2.24. The minimum atomic E-state index is 0.667. The largest absolute Gasteiger partial charge is 0.378 e. The molecular weight excluding hydrogens is 314 g/mol. The first-order chi connectivity index (χ1) is 11.2. The third-order valence-corrected chi connectivity index (χ3v) is 4.19. The number of halogens is 1. The monoisotopic (exact) mass is 329 g/mol. The molecule has 0 N–H and O–H groups in total. The van der Waals surface area contributed by atoms with E-state index in [0.717, 1.165) is 48.9 Å². The summed E-state index contributed by atoms with van der Waals surface area (Å²) < 4.78 is 7.21. The van der Waals surface area contributed by atoms with E-state index in [1.54, 1.807) is 4.52 Å². The molecule has 1 aliphatic heterocycles. The minimum Gasteiger partial charge on any atom is -0.378 e. The van der Waals surface area contributed by atoms with Gasteiger partial charge < -0.3 is 9.64 Å². The van der Waals surface area contributed by atoms with Gasteiger partial charge in [0.15, 0.2) is 11.5 Å². The van der Waals surface area contributed by atoms with E-state index in [2.05, 4.69) is 21.2 Å². The van der Waals surface area contributed by atoms with Crippen LogP contribution in [0.25, 0.3) is 17.0 Å². The predicted molar refractivity (Wildman–Crippen MR) is 89.0 cm³/mol. The SMILES string of the molecule is Cc1cc(N2CCOCC2)nn2c(-c3cccc(Cl)c3)nnc12. The summed E-state index contributed by atoms with van der Waals surface area (Å²) in [6.45, 7) is 5.15. The summed E-state index contributed by atoms with van der Waals surface area (Å²) in [5, 5.41) is 14.0.